The third kappa shape index (κ3) is 2.19. The molecule has 1 fully saturated rings. The van der Waals surface area contributed by atoms with Crippen LogP contribution in [0.25, 0.3) is 0 Å². The van der Waals surface area contributed by atoms with Gasteiger partial charge in [0.25, 0.3) is 0 Å². The maximum absolute atomic E-state index is 5.56. The molecule has 3 atom stereocenters. The summed E-state index contributed by atoms with van der Waals surface area (Å²) in [5.74, 6) is 0. The third-order valence-electron chi connectivity index (χ3n) is 2.02. The van der Waals surface area contributed by atoms with Crippen molar-refractivity contribution in [2.75, 3.05) is 20.8 Å². The summed E-state index contributed by atoms with van der Waals surface area (Å²) in [6, 6.07) is 0.306. The molecule has 1 rings (SSSR count). The van der Waals surface area contributed by atoms with Gasteiger partial charge in [0.05, 0.1) is 12.7 Å². The van der Waals surface area contributed by atoms with Crippen LogP contribution in [0.15, 0.2) is 0 Å². The van der Waals surface area contributed by atoms with Crippen LogP contribution in [0.5, 0.6) is 0 Å². The smallest absolute Gasteiger partial charge is 0.139 e. The SMILES string of the molecule is BC1CC(OC)[C@@H](COC)O1. The highest BCUT2D eigenvalue weighted by molar-refractivity contribution is 6.11. The van der Waals surface area contributed by atoms with E-state index < -0.39 is 0 Å². The summed E-state index contributed by atoms with van der Waals surface area (Å²) in [5, 5.41) is 0. The lowest BCUT2D eigenvalue weighted by Crippen LogP contribution is -2.27. The maximum atomic E-state index is 5.56. The second-order valence-electron chi connectivity index (χ2n) is 2.95. The second kappa shape index (κ2) is 4.09. The van der Waals surface area contributed by atoms with E-state index in [0.29, 0.717) is 12.6 Å². The molecule has 0 N–H and O–H groups in total. The Balaban J connectivity index is 2.37. The van der Waals surface area contributed by atoms with Crippen LogP contribution < -0.4 is 0 Å². The van der Waals surface area contributed by atoms with Crippen molar-refractivity contribution in [2.45, 2.75) is 24.6 Å². The summed E-state index contributed by atoms with van der Waals surface area (Å²) in [6.07, 6.45) is 1.31. The van der Waals surface area contributed by atoms with E-state index in [1.54, 1.807) is 14.2 Å². The molecule has 64 valence electrons. The number of rotatable bonds is 3. The van der Waals surface area contributed by atoms with Crippen molar-refractivity contribution in [3.8, 4) is 0 Å². The van der Waals surface area contributed by atoms with Gasteiger partial charge in [-0.1, -0.05) is 0 Å². The van der Waals surface area contributed by atoms with Gasteiger partial charge >= 0.3 is 0 Å². The zero-order valence-corrected chi connectivity index (χ0v) is 7.37. The first-order chi connectivity index (χ1) is 5.27. The molecule has 1 saturated heterocycles. The summed E-state index contributed by atoms with van der Waals surface area (Å²) < 4.78 is 15.8. The van der Waals surface area contributed by atoms with E-state index in [1.165, 1.54) is 0 Å². The molecule has 0 saturated carbocycles. The van der Waals surface area contributed by atoms with Crippen LogP contribution >= 0.6 is 0 Å². The Morgan fingerprint density at radius 3 is 2.82 bits per heavy atom. The average molecular weight is 158 g/mol. The molecule has 1 heterocycles. The molecule has 11 heavy (non-hydrogen) atoms. The van der Waals surface area contributed by atoms with Gasteiger partial charge in [-0.25, -0.2) is 0 Å². The summed E-state index contributed by atoms with van der Waals surface area (Å²) in [5.41, 5.74) is 0. The van der Waals surface area contributed by atoms with E-state index in [9.17, 15) is 0 Å². The Kier molecular flexibility index (Phi) is 3.36. The zero-order chi connectivity index (χ0) is 8.27. The monoisotopic (exact) mass is 158 g/mol. The van der Waals surface area contributed by atoms with Gasteiger partial charge in [-0.2, -0.15) is 0 Å². The van der Waals surface area contributed by atoms with Crippen molar-refractivity contribution < 1.29 is 14.2 Å². The highest BCUT2D eigenvalue weighted by atomic mass is 16.6. The van der Waals surface area contributed by atoms with Crippen molar-refractivity contribution in [2.24, 2.45) is 0 Å². The van der Waals surface area contributed by atoms with Crippen molar-refractivity contribution in [3.05, 3.63) is 0 Å². The Hall–Kier alpha value is -0.0551. The molecule has 0 aromatic heterocycles. The van der Waals surface area contributed by atoms with Crippen LogP contribution in [0.1, 0.15) is 6.42 Å². The summed E-state index contributed by atoms with van der Waals surface area (Å²) in [4.78, 5) is 0. The quantitative estimate of drug-likeness (QED) is 0.513. The lowest BCUT2D eigenvalue weighted by Gasteiger charge is -2.15. The highest BCUT2D eigenvalue weighted by Crippen LogP contribution is 2.20. The lowest BCUT2D eigenvalue weighted by molar-refractivity contribution is -0.0315. The first-order valence-electron chi connectivity index (χ1n) is 3.95. The van der Waals surface area contributed by atoms with Crippen molar-refractivity contribution in [1.29, 1.82) is 0 Å². The minimum absolute atomic E-state index is 0.125. The summed E-state index contributed by atoms with van der Waals surface area (Å²) in [6.45, 7) is 0.628. The topological polar surface area (TPSA) is 27.7 Å². The largest absolute Gasteiger partial charge is 0.382 e. The maximum Gasteiger partial charge on any atom is 0.139 e. The molecular formula is C7H15BO3. The molecule has 0 aliphatic carbocycles. The molecular weight excluding hydrogens is 143 g/mol. The summed E-state index contributed by atoms with van der Waals surface area (Å²) >= 11 is 0. The number of hydrogen-bond donors (Lipinski definition) is 0. The van der Waals surface area contributed by atoms with Gasteiger partial charge in [-0.15, -0.1) is 0 Å². The molecule has 0 amide bonds. The first kappa shape index (κ1) is 9.04. The van der Waals surface area contributed by atoms with E-state index in [0.717, 1.165) is 6.42 Å². The molecule has 1 aliphatic heterocycles. The Morgan fingerprint density at radius 2 is 2.27 bits per heavy atom. The summed E-state index contributed by atoms with van der Waals surface area (Å²) in [7, 11) is 5.45. The molecule has 0 radical (unpaired) electrons. The minimum atomic E-state index is 0.125. The zero-order valence-electron chi connectivity index (χ0n) is 7.37. The van der Waals surface area contributed by atoms with Gasteiger partial charge in [-0.05, 0) is 6.42 Å². The lowest BCUT2D eigenvalue weighted by atomic mass is 9.96. The molecule has 0 aromatic carbocycles. The molecule has 4 heteroatoms. The molecule has 3 nitrogen and oxygen atoms in total. The average Bonchev–Trinajstić information content (AvgIpc) is 2.32. The van der Waals surface area contributed by atoms with Gasteiger partial charge in [0.1, 0.15) is 14.0 Å². The fourth-order valence-corrected chi connectivity index (χ4v) is 1.48. The van der Waals surface area contributed by atoms with Gasteiger partial charge in [0.2, 0.25) is 0 Å². The van der Waals surface area contributed by atoms with E-state index in [-0.39, 0.29) is 12.2 Å². The normalized spacial score (nSPS) is 37.8. The van der Waals surface area contributed by atoms with Gasteiger partial charge in [0, 0.05) is 20.2 Å². The predicted octanol–water partition coefficient (Wildman–Crippen LogP) is -0.604. The highest BCUT2D eigenvalue weighted by Gasteiger charge is 2.32. The second-order valence-corrected chi connectivity index (χ2v) is 2.95. The van der Waals surface area contributed by atoms with E-state index in [1.807, 2.05) is 0 Å². The standard InChI is InChI=1S/C7H15BO3/c1-9-4-6-5(10-2)3-7(8)11-6/h5-7H,3-4,8H2,1-2H3/t5?,6-,7?/m1/s1. The Morgan fingerprint density at radius 1 is 1.55 bits per heavy atom. The van der Waals surface area contributed by atoms with E-state index in [4.69, 9.17) is 14.2 Å². The van der Waals surface area contributed by atoms with Crippen LogP contribution in [-0.4, -0.2) is 46.9 Å². The number of methoxy groups -OCH3 is 2. The van der Waals surface area contributed by atoms with Crippen molar-refractivity contribution >= 4 is 7.85 Å². The van der Waals surface area contributed by atoms with Crippen LogP contribution in [0.2, 0.25) is 0 Å². The van der Waals surface area contributed by atoms with E-state index in [2.05, 4.69) is 7.85 Å². The minimum Gasteiger partial charge on any atom is -0.382 e. The molecule has 0 aromatic rings. The molecule has 2 unspecified atom stereocenters. The van der Waals surface area contributed by atoms with Crippen LogP contribution in [0.4, 0.5) is 0 Å². The number of hydrogen-bond acceptors (Lipinski definition) is 3. The van der Waals surface area contributed by atoms with Gasteiger partial charge < -0.3 is 14.2 Å². The fourth-order valence-electron chi connectivity index (χ4n) is 1.48. The Labute approximate surface area is 68.4 Å². The van der Waals surface area contributed by atoms with Crippen LogP contribution in [0, 0.1) is 0 Å². The first-order valence-corrected chi connectivity index (χ1v) is 3.95. The van der Waals surface area contributed by atoms with Crippen molar-refractivity contribution in [3.63, 3.8) is 0 Å². The fraction of sp³-hybridized carbons (Fsp3) is 1.00. The predicted molar refractivity (Wildman–Crippen MR) is 44.5 cm³/mol. The van der Waals surface area contributed by atoms with Gasteiger partial charge in [0.15, 0.2) is 0 Å². The van der Waals surface area contributed by atoms with Crippen molar-refractivity contribution in [1.82, 2.24) is 0 Å². The van der Waals surface area contributed by atoms with E-state index >= 15 is 0 Å². The molecule has 0 spiro atoms. The Bertz CT molecular complexity index is 120. The van der Waals surface area contributed by atoms with Gasteiger partial charge in [-0.3, -0.25) is 0 Å². The third-order valence-corrected chi connectivity index (χ3v) is 2.02. The molecule has 1 aliphatic rings. The number of ether oxygens (including phenoxy) is 3. The van der Waals surface area contributed by atoms with Crippen LogP contribution in [-0.2, 0) is 14.2 Å². The molecule has 0 bridgehead atoms. The van der Waals surface area contributed by atoms with Crippen LogP contribution in [0.3, 0.4) is 0 Å².